The molecule has 6 saturated carbocycles. The first-order chi connectivity index (χ1) is 30.8. The van der Waals surface area contributed by atoms with E-state index in [1.165, 1.54) is 68.9 Å². The predicted octanol–water partition coefficient (Wildman–Crippen LogP) is 11.0. The number of hydrogen-bond donors (Lipinski definition) is 5. The Labute approximate surface area is 399 Å². The fraction of sp³-hybridized carbons (Fsp3) is 0.868. The maximum atomic E-state index is 11.3. The second-order valence-corrected chi connectivity index (χ2v) is 28.2. The van der Waals surface area contributed by atoms with Gasteiger partial charge < -0.3 is 9.67 Å². The Balaban J connectivity index is 0.000000181. The number of aromatic nitrogens is 2. The number of fused-ring (bicyclic) bond motifs is 10. The van der Waals surface area contributed by atoms with Gasteiger partial charge in [-0.1, -0.05) is 64.8 Å². The van der Waals surface area contributed by atoms with Gasteiger partial charge in [0.1, 0.15) is 0 Å². The molecule has 8 aliphatic carbocycles. The first-order valence-electron chi connectivity index (χ1n) is 26.4. The minimum Gasteiger partial charge on any atom is -0.390 e. The molecule has 11 nitrogen and oxygen atoms in total. The van der Waals surface area contributed by atoms with Crippen LogP contribution in [0.3, 0.4) is 0 Å². The van der Waals surface area contributed by atoms with Crippen LogP contribution in [0.4, 0.5) is 0 Å². The molecule has 0 amide bonds. The van der Waals surface area contributed by atoms with Gasteiger partial charge in [-0.15, -0.1) is 0 Å². The van der Waals surface area contributed by atoms with Crippen LogP contribution in [0, 0.1) is 87.3 Å². The third-order valence-corrected chi connectivity index (χ3v) is 21.3. The molecule has 1 heterocycles. The number of rotatable bonds is 12. The zero-order valence-electron chi connectivity index (χ0n) is 41.8. The van der Waals surface area contributed by atoms with E-state index in [1.54, 1.807) is 0 Å². The first-order valence-corrected chi connectivity index (χ1v) is 29.2. The summed E-state index contributed by atoms with van der Waals surface area (Å²) in [6.07, 6.45) is 32.3. The molecule has 16 atom stereocenters. The van der Waals surface area contributed by atoms with Crippen molar-refractivity contribution in [2.45, 2.75) is 202 Å². The van der Waals surface area contributed by atoms with Gasteiger partial charge in [-0.2, -0.15) is 26.3 Å². The quantitative estimate of drug-likeness (QED) is 0.102. The van der Waals surface area contributed by atoms with Crippen molar-refractivity contribution in [3.63, 3.8) is 0 Å². The number of allylic oxidation sites excluding steroid dienone is 2. The van der Waals surface area contributed by atoms with E-state index in [9.17, 15) is 26.5 Å². The molecule has 13 heteroatoms. The molecule has 6 fully saturated rings. The van der Waals surface area contributed by atoms with Crippen LogP contribution in [0.2, 0.25) is 0 Å². The van der Waals surface area contributed by atoms with Crippen LogP contribution >= 0.6 is 0 Å². The molecule has 0 saturated heterocycles. The summed E-state index contributed by atoms with van der Waals surface area (Å²) in [5.41, 5.74) is 3.46. The normalized spacial score (nSPS) is 39.9. The van der Waals surface area contributed by atoms with Crippen LogP contribution in [-0.2, 0) is 27.2 Å². The number of hydrogen-bond acceptors (Lipinski definition) is 6. The van der Waals surface area contributed by atoms with Crippen molar-refractivity contribution in [2.75, 3.05) is 0 Å². The van der Waals surface area contributed by atoms with Crippen molar-refractivity contribution < 1.29 is 31.0 Å². The van der Waals surface area contributed by atoms with Gasteiger partial charge in [-0.3, -0.25) is 9.11 Å². The third-order valence-electron chi connectivity index (χ3n) is 20.0. The number of aliphatic hydroxyl groups is 1. The lowest BCUT2D eigenvalue weighted by molar-refractivity contribution is -0.0328. The molecule has 374 valence electrons. The van der Waals surface area contributed by atoms with E-state index in [0.29, 0.717) is 39.9 Å². The lowest BCUT2D eigenvalue weighted by Gasteiger charge is -2.55. The van der Waals surface area contributed by atoms with Gasteiger partial charge in [0, 0.05) is 31.0 Å². The van der Waals surface area contributed by atoms with E-state index in [4.69, 9.17) is 4.55 Å². The zero-order valence-corrected chi connectivity index (χ0v) is 43.4. The summed E-state index contributed by atoms with van der Waals surface area (Å²) in [6, 6.07) is -0.314. The smallest absolute Gasteiger partial charge is 0.333 e. The molecule has 9 rings (SSSR count). The monoisotopic (exact) mass is 957 g/mol. The fourth-order valence-electron chi connectivity index (χ4n) is 17.5. The van der Waals surface area contributed by atoms with Crippen LogP contribution in [0.15, 0.2) is 42.0 Å². The zero-order chi connectivity index (χ0) is 47.6. The standard InChI is InChI=1S/C28H45N3O3S.C25H43NO4S/c1-27(2,3)16-20(17-31-14-13-29-18-31)25-9-10-26-24-7-5-19-15-21(30-35(32,33)34)6-8-22(19)23(24)11-12-28(25,26)4;1-16(11-13-24(2,3)27)22-9-10-23-21-7-5-17-15-18(26-31(28,29)30)6-8-19(17)20(21)12-14-25(22,23)4/h5,13-14,18,20-26,30H,6-12,15-17H2,1-4H3,(H,32,33,34);5,16,18-23,26-27H,6-15H2,1-4H3,(H,28,29,30)/t20?,21-,22-,23?,24?,25+,26?,28+;16?,18-,19-,20?,21?,22+,23?,25+/m00/s1. The van der Waals surface area contributed by atoms with Crippen molar-refractivity contribution in [1.29, 1.82) is 0 Å². The van der Waals surface area contributed by atoms with Crippen molar-refractivity contribution in [3.05, 3.63) is 42.0 Å². The molecule has 1 aromatic heterocycles. The van der Waals surface area contributed by atoms with Crippen LogP contribution in [-0.4, -0.2) is 58.3 Å². The molecule has 0 bridgehead atoms. The maximum Gasteiger partial charge on any atom is 0.333 e. The lowest BCUT2D eigenvalue weighted by Crippen LogP contribution is -2.48. The highest BCUT2D eigenvalue weighted by Gasteiger charge is 2.59. The van der Waals surface area contributed by atoms with Gasteiger partial charge in [0.15, 0.2) is 0 Å². The van der Waals surface area contributed by atoms with Gasteiger partial charge >= 0.3 is 20.6 Å². The highest BCUT2D eigenvalue weighted by atomic mass is 32.2. The van der Waals surface area contributed by atoms with Crippen molar-refractivity contribution in [1.82, 2.24) is 19.0 Å². The molecular weight excluding hydrogens is 869 g/mol. The van der Waals surface area contributed by atoms with Gasteiger partial charge in [-0.25, -0.2) is 4.98 Å². The highest BCUT2D eigenvalue weighted by Crippen LogP contribution is 2.67. The summed E-state index contributed by atoms with van der Waals surface area (Å²) in [5, 5.41) is 10.2. The van der Waals surface area contributed by atoms with E-state index in [1.807, 2.05) is 26.4 Å². The summed E-state index contributed by atoms with van der Waals surface area (Å²) in [4.78, 5) is 4.32. The Hall–Kier alpha value is -1.61. The third kappa shape index (κ3) is 11.3. The van der Waals surface area contributed by atoms with E-state index in [2.05, 4.69) is 78.9 Å². The van der Waals surface area contributed by atoms with Gasteiger partial charge in [-0.05, 0) is 223 Å². The molecule has 66 heavy (non-hydrogen) atoms. The fourth-order valence-corrected chi connectivity index (χ4v) is 18.8. The lowest BCUT2D eigenvalue weighted by atomic mass is 9.50. The molecular formula is C53H88N4O7S2. The summed E-state index contributed by atoms with van der Waals surface area (Å²) < 4.78 is 70.7. The van der Waals surface area contributed by atoms with Crippen molar-refractivity contribution >= 4 is 20.6 Å². The molecule has 8 unspecified atom stereocenters. The number of nitrogens with one attached hydrogen (secondary N) is 2. The molecule has 0 aromatic carbocycles. The van der Waals surface area contributed by atoms with E-state index in [0.717, 1.165) is 118 Å². The topological polar surface area (TPSA) is 171 Å². The summed E-state index contributed by atoms with van der Waals surface area (Å²) in [6.45, 7) is 19.7. The molecule has 8 aliphatic rings. The van der Waals surface area contributed by atoms with Crippen LogP contribution in [0.5, 0.6) is 0 Å². The Morgan fingerprint density at radius 2 is 1.23 bits per heavy atom. The van der Waals surface area contributed by atoms with Crippen LogP contribution < -0.4 is 9.44 Å². The largest absolute Gasteiger partial charge is 0.390 e. The Kier molecular flexibility index (Phi) is 14.8. The average Bonchev–Trinajstić information content (AvgIpc) is 3.94. The maximum absolute atomic E-state index is 11.3. The molecule has 5 N–H and O–H groups in total. The van der Waals surface area contributed by atoms with Gasteiger partial charge in [0.05, 0.1) is 11.9 Å². The number of imidazole rings is 1. The second-order valence-electron chi connectivity index (χ2n) is 25.8. The van der Waals surface area contributed by atoms with E-state index >= 15 is 0 Å². The average molecular weight is 957 g/mol. The molecule has 1 aromatic rings. The molecule has 0 spiro atoms. The highest BCUT2D eigenvalue weighted by molar-refractivity contribution is 7.84. The molecule has 0 radical (unpaired) electrons. The SMILES string of the molecule is CC(C)(C)CC(Cn1ccnc1)[C@H]1CCC2C3CC=C4C[C@@H](NS(=O)(=O)O)CC[C@@H]4C3CC[C@@]21C.CC(CCC(C)(C)O)[C@H]1CCC2C3CC=C4C[C@@H](NS(=O)(=O)O)CC[C@@H]4C3CC[C@@]21C. The first kappa shape index (κ1) is 50.8. The van der Waals surface area contributed by atoms with E-state index in [-0.39, 0.29) is 12.1 Å². The van der Waals surface area contributed by atoms with Crippen LogP contribution in [0.1, 0.15) is 177 Å². The summed E-state index contributed by atoms with van der Waals surface area (Å²) >= 11 is 0. The second kappa shape index (κ2) is 19.2. The van der Waals surface area contributed by atoms with E-state index < -0.39 is 26.2 Å². The Morgan fingerprint density at radius 3 is 1.68 bits per heavy atom. The van der Waals surface area contributed by atoms with Gasteiger partial charge in [0.25, 0.3) is 0 Å². The minimum atomic E-state index is -4.13. The van der Waals surface area contributed by atoms with Crippen molar-refractivity contribution in [3.8, 4) is 0 Å². The summed E-state index contributed by atoms with van der Waals surface area (Å²) in [5.74, 6) is 8.69. The minimum absolute atomic E-state index is 0.157. The predicted molar refractivity (Wildman–Crippen MR) is 263 cm³/mol. The summed E-state index contributed by atoms with van der Waals surface area (Å²) in [7, 11) is -8.26. The number of nitrogens with zero attached hydrogens (tertiary/aromatic N) is 2. The molecule has 0 aliphatic heterocycles. The Morgan fingerprint density at radius 1 is 0.727 bits per heavy atom. The Bertz CT molecular complexity index is 2130. The van der Waals surface area contributed by atoms with Gasteiger partial charge in [0.2, 0.25) is 0 Å². The van der Waals surface area contributed by atoms with Crippen molar-refractivity contribution in [2.24, 2.45) is 87.3 Å². The van der Waals surface area contributed by atoms with Crippen LogP contribution in [0.25, 0.3) is 0 Å².